The molecular formula is C26H32N2O5S. The van der Waals surface area contributed by atoms with Crippen LogP contribution in [0.25, 0.3) is 0 Å². The highest BCUT2D eigenvalue weighted by Gasteiger charge is 2.32. The maximum atomic E-state index is 13.0. The summed E-state index contributed by atoms with van der Waals surface area (Å²) in [5.74, 6) is -0.249. The Bertz CT molecular complexity index is 1100. The molecule has 0 atom stereocenters. The van der Waals surface area contributed by atoms with Crippen LogP contribution in [0.2, 0.25) is 0 Å². The lowest BCUT2D eigenvalue weighted by molar-refractivity contribution is -0.117. The van der Waals surface area contributed by atoms with Gasteiger partial charge in [-0.15, -0.1) is 0 Å². The van der Waals surface area contributed by atoms with Gasteiger partial charge in [-0.05, 0) is 62.2 Å². The number of carbonyl (C=O) groups is 2. The number of anilines is 1. The minimum absolute atomic E-state index is 0.119. The van der Waals surface area contributed by atoms with Crippen molar-refractivity contribution in [2.75, 3.05) is 10.9 Å². The second-order valence-electron chi connectivity index (χ2n) is 8.26. The summed E-state index contributed by atoms with van der Waals surface area (Å²) in [6.45, 7) is 5.73. The van der Waals surface area contributed by atoms with Crippen LogP contribution in [0.15, 0.2) is 48.5 Å². The normalized spacial score (nSPS) is 11.1. The number of amides is 1. The molecule has 0 bridgehead atoms. The third-order valence-electron chi connectivity index (χ3n) is 5.29. The van der Waals surface area contributed by atoms with Crippen molar-refractivity contribution in [1.29, 1.82) is 5.26 Å². The van der Waals surface area contributed by atoms with Crippen molar-refractivity contribution in [2.45, 2.75) is 64.5 Å². The number of hydrogen-bond acceptors (Lipinski definition) is 6. The van der Waals surface area contributed by atoms with Gasteiger partial charge in [0.2, 0.25) is 15.9 Å². The molecule has 0 aliphatic heterocycles. The summed E-state index contributed by atoms with van der Waals surface area (Å²) in [5, 5.41) is 8.00. The first-order valence-corrected chi connectivity index (χ1v) is 13.0. The van der Waals surface area contributed by atoms with Crippen LogP contribution in [0.5, 0.6) is 5.75 Å². The molecule has 0 aliphatic carbocycles. The van der Waals surface area contributed by atoms with E-state index >= 15 is 0 Å². The predicted molar refractivity (Wildman–Crippen MR) is 132 cm³/mol. The Morgan fingerprint density at radius 1 is 1.00 bits per heavy atom. The summed E-state index contributed by atoms with van der Waals surface area (Å²) in [6.07, 6.45) is 2.99. The summed E-state index contributed by atoms with van der Waals surface area (Å²) in [7, 11) is -3.96. The zero-order valence-electron chi connectivity index (χ0n) is 20.0. The highest BCUT2D eigenvalue weighted by atomic mass is 32.2. The molecule has 7 nitrogen and oxygen atoms in total. The summed E-state index contributed by atoms with van der Waals surface area (Å²) in [6, 6.07) is 15.0. The van der Waals surface area contributed by atoms with Crippen LogP contribution in [-0.2, 0) is 21.2 Å². The van der Waals surface area contributed by atoms with E-state index in [9.17, 15) is 18.0 Å². The Labute approximate surface area is 202 Å². The van der Waals surface area contributed by atoms with Gasteiger partial charge in [-0.1, -0.05) is 31.9 Å². The molecule has 0 N–H and O–H groups in total. The molecule has 0 radical (unpaired) electrons. The minimum Gasteiger partial charge on any atom is -0.494 e. The molecule has 2 aromatic carbocycles. The van der Waals surface area contributed by atoms with Crippen molar-refractivity contribution in [3.63, 3.8) is 0 Å². The molecule has 0 saturated heterocycles. The van der Waals surface area contributed by atoms with E-state index in [2.05, 4.69) is 6.92 Å². The Morgan fingerprint density at radius 3 is 2.21 bits per heavy atom. The molecule has 0 fully saturated rings. The number of Topliss-reactive ketones (excluding diaryl/α,β-unsaturated/α-hetero) is 1. The maximum absolute atomic E-state index is 13.0. The molecule has 0 unspecified atom stereocenters. The number of unbranched alkanes of at least 4 members (excludes halogenated alkanes) is 2. The molecule has 34 heavy (non-hydrogen) atoms. The molecule has 2 rings (SSSR count). The van der Waals surface area contributed by atoms with E-state index < -0.39 is 21.2 Å². The Balaban J connectivity index is 2.09. The van der Waals surface area contributed by atoms with Crippen LogP contribution in [0.1, 0.15) is 68.8 Å². The van der Waals surface area contributed by atoms with E-state index in [1.54, 1.807) is 36.4 Å². The standard InChI is InChI=1S/C26H32N2O5S/c1-4-5-6-19-33-24-13-9-22(10-14-24)25(29)15-16-26(30)28(34(31,32)20(2)3)23-11-7-21(8-12-23)17-18-27/h7-14,20H,4-6,15-17,19H2,1-3H3. The van der Waals surface area contributed by atoms with Crippen molar-refractivity contribution in [3.8, 4) is 11.8 Å². The third kappa shape index (κ3) is 7.42. The van der Waals surface area contributed by atoms with Crippen LogP contribution in [0.3, 0.4) is 0 Å². The summed E-state index contributed by atoms with van der Waals surface area (Å²) in [4.78, 5) is 25.6. The van der Waals surface area contributed by atoms with Crippen molar-refractivity contribution >= 4 is 27.4 Å². The first kappa shape index (κ1) is 27.1. The van der Waals surface area contributed by atoms with E-state index in [0.717, 1.165) is 23.6 Å². The van der Waals surface area contributed by atoms with Gasteiger partial charge in [0.25, 0.3) is 0 Å². The number of ketones is 1. The third-order valence-corrected chi connectivity index (χ3v) is 7.40. The number of rotatable bonds is 13. The zero-order chi connectivity index (χ0) is 25.1. The number of nitrogens with zero attached hydrogens (tertiary/aromatic N) is 2. The van der Waals surface area contributed by atoms with Crippen LogP contribution >= 0.6 is 0 Å². The molecule has 1 amide bonds. The van der Waals surface area contributed by atoms with Gasteiger partial charge < -0.3 is 4.74 Å². The summed E-state index contributed by atoms with van der Waals surface area (Å²) < 4.78 is 32.3. The fourth-order valence-corrected chi connectivity index (χ4v) is 4.44. The van der Waals surface area contributed by atoms with Gasteiger partial charge in [-0.2, -0.15) is 5.26 Å². The molecule has 8 heteroatoms. The zero-order valence-corrected chi connectivity index (χ0v) is 20.8. The van der Waals surface area contributed by atoms with E-state index in [1.165, 1.54) is 26.0 Å². The number of ether oxygens (including phenoxy) is 1. The molecule has 0 heterocycles. The van der Waals surface area contributed by atoms with Crippen molar-refractivity contribution in [1.82, 2.24) is 0 Å². The minimum atomic E-state index is -3.96. The lowest BCUT2D eigenvalue weighted by Gasteiger charge is -2.24. The first-order valence-electron chi connectivity index (χ1n) is 11.5. The van der Waals surface area contributed by atoms with Crippen molar-refractivity contribution < 1.29 is 22.7 Å². The van der Waals surface area contributed by atoms with E-state index in [4.69, 9.17) is 10.00 Å². The second-order valence-corrected chi connectivity index (χ2v) is 10.6. The lowest BCUT2D eigenvalue weighted by atomic mass is 10.1. The van der Waals surface area contributed by atoms with Gasteiger partial charge in [-0.3, -0.25) is 9.59 Å². The van der Waals surface area contributed by atoms with E-state index in [0.29, 0.717) is 23.5 Å². The van der Waals surface area contributed by atoms with Gasteiger partial charge in [-0.25, -0.2) is 12.7 Å². The highest BCUT2D eigenvalue weighted by Crippen LogP contribution is 2.24. The lowest BCUT2D eigenvalue weighted by Crippen LogP contribution is -2.41. The Hall–Kier alpha value is -3.18. The van der Waals surface area contributed by atoms with Gasteiger partial charge >= 0.3 is 0 Å². The van der Waals surface area contributed by atoms with Crippen molar-refractivity contribution in [2.24, 2.45) is 0 Å². The topological polar surface area (TPSA) is 105 Å². The van der Waals surface area contributed by atoms with Gasteiger partial charge in [0.1, 0.15) is 5.75 Å². The number of hydrogen-bond donors (Lipinski definition) is 0. The number of carbonyl (C=O) groups excluding carboxylic acids is 2. The molecular weight excluding hydrogens is 452 g/mol. The van der Waals surface area contributed by atoms with Gasteiger partial charge in [0, 0.05) is 18.4 Å². The average Bonchev–Trinajstić information content (AvgIpc) is 2.82. The van der Waals surface area contributed by atoms with Gasteiger partial charge in [0.05, 0.1) is 30.0 Å². The number of benzene rings is 2. The Morgan fingerprint density at radius 2 is 1.65 bits per heavy atom. The SMILES string of the molecule is CCCCCOc1ccc(C(=O)CCC(=O)N(c2ccc(CC#N)cc2)S(=O)(=O)C(C)C)cc1. The molecule has 2 aromatic rings. The van der Waals surface area contributed by atoms with Gasteiger partial charge in [0.15, 0.2) is 5.78 Å². The van der Waals surface area contributed by atoms with Crippen LogP contribution in [-0.4, -0.2) is 32.0 Å². The molecule has 182 valence electrons. The van der Waals surface area contributed by atoms with Crippen LogP contribution < -0.4 is 9.04 Å². The van der Waals surface area contributed by atoms with E-state index in [1.807, 2.05) is 6.07 Å². The molecule has 0 aromatic heterocycles. The highest BCUT2D eigenvalue weighted by molar-refractivity contribution is 7.94. The number of sulfonamides is 1. The number of nitriles is 1. The largest absolute Gasteiger partial charge is 0.494 e. The van der Waals surface area contributed by atoms with E-state index in [-0.39, 0.29) is 30.7 Å². The first-order chi connectivity index (χ1) is 16.2. The second kappa shape index (κ2) is 12.9. The average molecular weight is 485 g/mol. The molecule has 0 aliphatic rings. The Kier molecular flexibility index (Phi) is 10.3. The smallest absolute Gasteiger partial charge is 0.244 e. The monoisotopic (exact) mass is 484 g/mol. The molecule has 0 spiro atoms. The fraction of sp³-hybridized carbons (Fsp3) is 0.423. The predicted octanol–water partition coefficient (Wildman–Crippen LogP) is 5.06. The van der Waals surface area contributed by atoms with Crippen LogP contribution in [0.4, 0.5) is 5.69 Å². The van der Waals surface area contributed by atoms with Crippen molar-refractivity contribution in [3.05, 3.63) is 59.7 Å². The summed E-state index contributed by atoms with van der Waals surface area (Å²) in [5.41, 5.74) is 1.35. The summed E-state index contributed by atoms with van der Waals surface area (Å²) >= 11 is 0. The van der Waals surface area contributed by atoms with Crippen LogP contribution in [0, 0.1) is 11.3 Å². The quantitative estimate of drug-likeness (QED) is 0.291. The molecule has 0 saturated carbocycles. The maximum Gasteiger partial charge on any atom is 0.244 e. The fourth-order valence-electron chi connectivity index (χ4n) is 3.23.